The molecule has 0 aliphatic carbocycles. The van der Waals surface area contributed by atoms with Crippen molar-refractivity contribution >= 4 is 44.0 Å². The third-order valence-electron chi connectivity index (χ3n) is 1.64. The number of hydrazine groups is 1. The van der Waals surface area contributed by atoms with Crippen LogP contribution in [0.5, 0.6) is 0 Å². The molecule has 2 aromatic rings. The van der Waals surface area contributed by atoms with Gasteiger partial charge in [-0.3, -0.25) is 10.9 Å². The molecule has 4 nitrogen and oxygen atoms in total. The van der Waals surface area contributed by atoms with Crippen LogP contribution >= 0.6 is 23.6 Å². The summed E-state index contributed by atoms with van der Waals surface area (Å²) < 4.78 is 13.6. The van der Waals surface area contributed by atoms with Crippen LogP contribution in [0.2, 0.25) is 0 Å². The number of nitrogens with two attached hydrogens (primary N) is 1. The van der Waals surface area contributed by atoms with Crippen LogP contribution in [0.1, 0.15) is 0 Å². The van der Waals surface area contributed by atoms with E-state index in [1.807, 2.05) is 0 Å². The van der Waals surface area contributed by atoms with E-state index < -0.39 is 0 Å². The van der Waals surface area contributed by atoms with Gasteiger partial charge in [-0.25, -0.2) is 9.37 Å². The third kappa shape index (κ3) is 2.31. The summed E-state index contributed by atoms with van der Waals surface area (Å²) >= 11 is 5.93. The molecule has 4 N–H and O–H groups in total. The van der Waals surface area contributed by atoms with E-state index >= 15 is 0 Å². The number of benzene rings is 1. The summed E-state index contributed by atoms with van der Waals surface area (Å²) in [6.45, 7) is 0. The summed E-state index contributed by atoms with van der Waals surface area (Å²) in [4.78, 5) is 4.19. The number of nitrogens with one attached hydrogen (secondary N) is 2. The molecule has 0 fully saturated rings. The zero-order valence-corrected chi connectivity index (χ0v) is 9.08. The van der Waals surface area contributed by atoms with E-state index in [0.29, 0.717) is 5.13 Å². The molecule has 0 aliphatic heterocycles. The first-order valence-corrected chi connectivity index (χ1v) is 5.25. The number of hydrogen-bond donors (Lipinski definition) is 3. The number of anilines is 1. The van der Waals surface area contributed by atoms with Gasteiger partial charge in [0.05, 0.1) is 10.2 Å². The predicted molar refractivity (Wildman–Crippen MR) is 63.1 cm³/mol. The van der Waals surface area contributed by atoms with E-state index in [4.69, 9.17) is 5.73 Å². The number of halogens is 1. The van der Waals surface area contributed by atoms with Crippen molar-refractivity contribution in [1.29, 1.82) is 0 Å². The average molecular weight is 242 g/mol. The van der Waals surface area contributed by atoms with Crippen LogP contribution in [-0.4, -0.2) is 10.1 Å². The van der Waals surface area contributed by atoms with Crippen molar-refractivity contribution in [3.63, 3.8) is 0 Å². The lowest BCUT2D eigenvalue weighted by atomic mass is 10.3. The zero-order valence-electron chi connectivity index (χ0n) is 7.45. The molecular weight excluding hydrogens is 235 g/mol. The fraction of sp³-hybridized carbons (Fsp3) is 0. The summed E-state index contributed by atoms with van der Waals surface area (Å²) in [5.74, 6) is -0.278. The number of hydrogen-bond acceptors (Lipinski definition) is 4. The average Bonchev–Trinajstić information content (AvgIpc) is 2.56. The molecule has 0 bridgehead atoms. The van der Waals surface area contributed by atoms with Crippen LogP contribution in [0, 0.1) is 5.82 Å². The first-order valence-electron chi connectivity index (χ1n) is 4.03. The maximum absolute atomic E-state index is 12.9. The molecule has 78 valence electrons. The summed E-state index contributed by atoms with van der Waals surface area (Å²) in [7, 11) is 0. The minimum Gasteiger partial charge on any atom is -0.375 e. The first-order chi connectivity index (χ1) is 7.15. The Balaban J connectivity index is 2.27. The minimum atomic E-state index is -0.278. The third-order valence-corrected chi connectivity index (χ3v) is 2.68. The van der Waals surface area contributed by atoms with Crippen LogP contribution in [0.15, 0.2) is 18.2 Å². The standard InChI is InChI=1S/C8H7FN4S2/c9-4-1-2-5-6(3-4)15-8(11-5)13-12-7(10)14/h1-3H,(H,11,13)(H3,10,12,14). The second-order valence-electron chi connectivity index (χ2n) is 2.75. The van der Waals surface area contributed by atoms with Crippen molar-refractivity contribution in [3.8, 4) is 0 Å². The van der Waals surface area contributed by atoms with Crippen LogP contribution in [0.3, 0.4) is 0 Å². The summed E-state index contributed by atoms with van der Waals surface area (Å²) in [6, 6.07) is 4.42. The van der Waals surface area contributed by atoms with Gasteiger partial charge in [0.2, 0.25) is 5.13 Å². The van der Waals surface area contributed by atoms with Gasteiger partial charge >= 0.3 is 0 Å². The Bertz CT molecular complexity index is 510. The van der Waals surface area contributed by atoms with E-state index in [2.05, 4.69) is 28.1 Å². The minimum absolute atomic E-state index is 0.125. The van der Waals surface area contributed by atoms with Gasteiger partial charge < -0.3 is 5.73 Å². The highest BCUT2D eigenvalue weighted by molar-refractivity contribution is 7.80. The summed E-state index contributed by atoms with van der Waals surface area (Å²) in [6.07, 6.45) is 0. The molecule has 2 rings (SSSR count). The summed E-state index contributed by atoms with van der Waals surface area (Å²) in [5.41, 5.74) is 11.2. The SMILES string of the molecule is NC(=S)NNc1nc2ccc(F)cc2s1. The second kappa shape index (κ2) is 3.95. The maximum Gasteiger partial charge on any atom is 0.202 e. The molecular formula is C8H7FN4S2. The smallest absolute Gasteiger partial charge is 0.202 e. The van der Waals surface area contributed by atoms with Gasteiger partial charge in [-0.15, -0.1) is 0 Å². The van der Waals surface area contributed by atoms with Gasteiger partial charge in [0.25, 0.3) is 0 Å². The highest BCUT2D eigenvalue weighted by Gasteiger charge is 2.03. The Kier molecular flexibility index (Phi) is 2.65. The number of aromatic nitrogens is 1. The molecule has 0 spiro atoms. The molecule has 0 saturated heterocycles. The molecule has 1 aromatic heterocycles. The highest BCUT2D eigenvalue weighted by Crippen LogP contribution is 2.25. The molecule has 0 amide bonds. The molecule has 0 unspecified atom stereocenters. The van der Waals surface area contributed by atoms with E-state index in [-0.39, 0.29) is 10.9 Å². The van der Waals surface area contributed by atoms with Crippen molar-refractivity contribution in [1.82, 2.24) is 10.4 Å². The van der Waals surface area contributed by atoms with E-state index in [1.165, 1.54) is 23.5 Å². The lowest BCUT2D eigenvalue weighted by Gasteiger charge is -2.01. The van der Waals surface area contributed by atoms with Crippen molar-refractivity contribution in [2.75, 3.05) is 5.43 Å². The predicted octanol–water partition coefficient (Wildman–Crippen LogP) is 1.60. The van der Waals surface area contributed by atoms with Crippen LogP contribution in [-0.2, 0) is 0 Å². The normalized spacial score (nSPS) is 10.2. The zero-order chi connectivity index (χ0) is 10.8. The first kappa shape index (κ1) is 10.1. The largest absolute Gasteiger partial charge is 0.375 e. The number of fused-ring (bicyclic) bond motifs is 1. The monoisotopic (exact) mass is 242 g/mol. The molecule has 0 aliphatic rings. The van der Waals surface area contributed by atoms with Crippen LogP contribution in [0.4, 0.5) is 9.52 Å². The topological polar surface area (TPSA) is 63.0 Å². The van der Waals surface area contributed by atoms with Crippen molar-refractivity contribution < 1.29 is 4.39 Å². The lowest BCUT2D eigenvalue weighted by molar-refractivity contribution is 0.630. The summed E-state index contributed by atoms with van der Waals surface area (Å²) in [5, 5.41) is 0.712. The fourth-order valence-electron chi connectivity index (χ4n) is 1.07. The Hall–Kier alpha value is -1.47. The van der Waals surface area contributed by atoms with E-state index in [1.54, 1.807) is 6.07 Å². The van der Waals surface area contributed by atoms with E-state index in [0.717, 1.165) is 10.2 Å². The van der Waals surface area contributed by atoms with Gasteiger partial charge in [0.15, 0.2) is 5.11 Å². The Morgan fingerprint density at radius 3 is 3.07 bits per heavy atom. The van der Waals surface area contributed by atoms with Crippen LogP contribution in [0.25, 0.3) is 10.2 Å². The second-order valence-corrected chi connectivity index (χ2v) is 4.22. The number of rotatable bonds is 2. The van der Waals surface area contributed by atoms with Gasteiger partial charge in [-0.2, -0.15) is 0 Å². The number of nitrogens with zero attached hydrogens (tertiary/aromatic N) is 1. The quantitative estimate of drug-likeness (QED) is 0.551. The van der Waals surface area contributed by atoms with Gasteiger partial charge in [-0.1, -0.05) is 11.3 Å². The molecule has 0 atom stereocenters. The Morgan fingerprint density at radius 2 is 2.33 bits per heavy atom. The van der Waals surface area contributed by atoms with Crippen LogP contribution < -0.4 is 16.6 Å². The van der Waals surface area contributed by atoms with Crippen molar-refractivity contribution in [3.05, 3.63) is 24.0 Å². The number of thiazole rings is 1. The maximum atomic E-state index is 12.9. The lowest BCUT2D eigenvalue weighted by Crippen LogP contribution is -2.33. The Labute approximate surface area is 94.3 Å². The number of thiocarbonyl (C=S) groups is 1. The molecule has 7 heteroatoms. The molecule has 1 heterocycles. The molecule has 0 radical (unpaired) electrons. The van der Waals surface area contributed by atoms with Gasteiger partial charge in [0, 0.05) is 0 Å². The fourth-order valence-corrected chi connectivity index (χ4v) is 1.96. The highest BCUT2D eigenvalue weighted by atomic mass is 32.1. The van der Waals surface area contributed by atoms with Gasteiger partial charge in [-0.05, 0) is 30.4 Å². The molecule has 0 saturated carbocycles. The molecule has 1 aromatic carbocycles. The van der Waals surface area contributed by atoms with Crippen molar-refractivity contribution in [2.24, 2.45) is 5.73 Å². The molecule has 15 heavy (non-hydrogen) atoms. The van der Waals surface area contributed by atoms with E-state index in [9.17, 15) is 4.39 Å². The van der Waals surface area contributed by atoms with Gasteiger partial charge in [0.1, 0.15) is 5.82 Å². The Morgan fingerprint density at radius 1 is 1.53 bits per heavy atom. The van der Waals surface area contributed by atoms with Crippen molar-refractivity contribution in [2.45, 2.75) is 0 Å².